The molecule has 2 aromatic rings. The number of benzene rings is 1. The zero-order chi connectivity index (χ0) is 23.0. The first-order chi connectivity index (χ1) is 13.0. The maximum Gasteiger partial charge on any atom is 0.276 e. The van der Waals surface area contributed by atoms with Gasteiger partial charge in [0.25, 0.3) is 26.1 Å². The summed E-state index contributed by atoms with van der Waals surface area (Å²) in [6.45, 7) is 1.70. The van der Waals surface area contributed by atoms with E-state index >= 15 is 0 Å². The number of nitrogens with one attached hydrogen (secondary N) is 3. The third kappa shape index (κ3) is 14.2. The molecule has 0 atom stereocenters. The fourth-order valence-electron chi connectivity index (χ4n) is 1.61. The number of rotatable bonds is 2. The Bertz CT molecular complexity index is 1020. The summed E-state index contributed by atoms with van der Waals surface area (Å²) in [7, 11) is -7.33. The third-order valence-electron chi connectivity index (χ3n) is 2.48. The molecule has 0 saturated heterocycles. The van der Waals surface area contributed by atoms with Gasteiger partial charge in [-0.15, -0.1) is 0 Å². The van der Waals surface area contributed by atoms with Crippen molar-refractivity contribution in [2.45, 2.75) is 6.92 Å². The zero-order valence-corrected chi connectivity index (χ0v) is 17.9. The summed E-state index contributed by atoms with van der Waals surface area (Å²) in [5.41, 5.74) is 6.74. The lowest BCUT2D eigenvalue weighted by Gasteiger charge is -2.00. The van der Waals surface area contributed by atoms with Gasteiger partial charge in [0, 0.05) is 10.6 Å². The second kappa shape index (κ2) is 10.9. The number of halogens is 1. The van der Waals surface area contributed by atoms with Gasteiger partial charge in [0.1, 0.15) is 11.5 Å². The first-order valence-corrected chi connectivity index (χ1v) is 11.4. The lowest BCUT2D eigenvalue weighted by molar-refractivity contribution is 0.0971. The number of hydrogen-bond acceptors (Lipinski definition) is 7. The number of nitrogens with zero attached hydrogens (tertiary/aromatic N) is 1. The first kappa shape index (κ1) is 26.5. The van der Waals surface area contributed by atoms with Crippen LogP contribution < -0.4 is 11.1 Å². The Morgan fingerprint density at radius 1 is 1.14 bits per heavy atom. The highest BCUT2D eigenvalue weighted by Crippen LogP contribution is 2.20. The fraction of sp³-hybridized carbons (Fsp3) is 0.214. The summed E-state index contributed by atoms with van der Waals surface area (Å²) in [5.74, 6) is -0.340. The van der Waals surface area contributed by atoms with Gasteiger partial charge in [0.15, 0.2) is 5.96 Å². The van der Waals surface area contributed by atoms with Gasteiger partial charge in [-0.05, 0) is 31.2 Å². The topological polar surface area (TPSA) is 216 Å². The van der Waals surface area contributed by atoms with Crippen molar-refractivity contribution < 1.29 is 30.7 Å². The van der Waals surface area contributed by atoms with Crippen molar-refractivity contribution in [1.82, 2.24) is 15.3 Å². The molecule has 0 bridgehead atoms. The van der Waals surface area contributed by atoms with E-state index in [2.05, 4.69) is 15.3 Å². The molecule has 12 nitrogen and oxygen atoms in total. The van der Waals surface area contributed by atoms with Gasteiger partial charge in [-0.25, -0.2) is 4.98 Å². The molecule has 1 heterocycles. The Hall–Kier alpha value is -2.52. The van der Waals surface area contributed by atoms with Crippen LogP contribution in [0.5, 0.6) is 0 Å². The van der Waals surface area contributed by atoms with Crippen LogP contribution in [0.3, 0.4) is 0 Å². The van der Waals surface area contributed by atoms with Crippen molar-refractivity contribution in [3.8, 4) is 11.4 Å². The number of carbonyl (C=O) groups is 1. The highest BCUT2D eigenvalue weighted by atomic mass is 35.5. The third-order valence-corrected chi connectivity index (χ3v) is 2.73. The van der Waals surface area contributed by atoms with Crippen LogP contribution in [0, 0.1) is 12.3 Å². The summed E-state index contributed by atoms with van der Waals surface area (Å²) >= 11 is 5.81. The van der Waals surface area contributed by atoms with Gasteiger partial charge in [0.2, 0.25) is 0 Å². The molecule has 15 heteroatoms. The molecule has 0 spiro atoms. The Kier molecular flexibility index (Phi) is 9.93. The number of amides is 1. The number of aromatic nitrogens is 2. The van der Waals surface area contributed by atoms with Crippen LogP contribution in [-0.2, 0) is 20.2 Å². The van der Waals surface area contributed by atoms with E-state index in [1.165, 1.54) is 0 Å². The first-order valence-electron chi connectivity index (χ1n) is 7.30. The van der Waals surface area contributed by atoms with E-state index in [0.29, 0.717) is 29.1 Å². The quantitative estimate of drug-likeness (QED) is 0.206. The maximum absolute atomic E-state index is 11.8. The second-order valence-corrected chi connectivity index (χ2v) is 8.76. The summed E-state index contributed by atoms with van der Waals surface area (Å²) < 4.78 is 51.7. The van der Waals surface area contributed by atoms with Crippen LogP contribution in [0.25, 0.3) is 11.4 Å². The van der Waals surface area contributed by atoms with E-state index in [1.807, 2.05) is 0 Å². The molecule has 0 aliphatic heterocycles. The maximum atomic E-state index is 11.8. The lowest BCUT2D eigenvalue weighted by Crippen LogP contribution is -2.36. The summed E-state index contributed by atoms with van der Waals surface area (Å²) in [5, 5.41) is 9.87. The minimum Gasteiger partial charge on any atom is -0.370 e. The standard InChI is InChI=1S/C12H12ClN5O.2CH4O3S/c1-6-9(11(19)18-12(14)15)17-10(16-6)7-2-4-8(13)5-3-7;2*1-5(2,3)4/h2-5H,1H3,(H,16,17)(H4,14,15,18,19);2*1H3,(H,2,3,4). The van der Waals surface area contributed by atoms with Crippen molar-refractivity contribution in [2.75, 3.05) is 12.5 Å². The number of aryl methyl sites for hydroxylation is 1. The number of imidazole rings is 1. The minimum absolute atomic E-state index is 0.278. The van der Waals surface area contributed by atoms with Gasteiger partial charge < -0.3 is 10.7 Å². The molecule has 1 aromatic heterocycles. The number of guanidine groups is 1. The number of H-pyrrole nitrogens is 1. The van der Waals surface area contributed by atoms with E-state index in [0.717, 1.165) is 5.56 Å². The lowest BCUT2D eigenvalue weighted by atomic mass is 10.2. The zero-order valence-electron chi connectivity index (χ0n) is 15.5. The molecule has 1 amide bonds. The van der Waals surface area contributed by atoms with Crippen molar-refractivity contribution >= 4 is 43.7 Å². The highest BCUT2D eigenvalue weighted by molar-refractivity contribution is 7.85. The van der Waals surface area contributed by atoms with E-state index in [9.17, 15) is 21.6 Å². The smallest absolute Gasteiger partial charge is 0.276 e. The Morgan fingerprint density at radius 3 is 1.93 bits per heavy atom. The van der Waals surface area contributed by atoms with Crippen LogP contribution in [0.4, 0.5) is 0 Å². The molecule has 162 valence electrons. The van der Waals surface area contributed by atoms with Crippen LogP contribution in [0.2, 0.25) is 5.02 Å². The molecule has 0 unspecified atom stereocenters. The number of nitrogens with two attached hydrogens (primary N) is 1. The fourth-order valence-corrected chi connectivity index (χ4v) is 1.74. The van der Waals surface area contributed by atoms with Crippen molar-refractivity contribution in [3.63, 3.8) is 0 Å². The molecule has 0 aliphatic rings. The van der Waals surface area contributed by atoms with Gasteiger partial charge in [-0.3, -0.25) is 24.6 Å². The van der Waals surface area contributed by atoms with Crippen molar-refractivity contribution in [3.05, 3.63) is 40.7 Å². The summed E-state index contributed by atoms with van der Waals surface area (Å²) in [6, 6.07) is 7.08. The predicted molar refractivity (Wildman–Crippen MR) is 108 cm³/mol. The SMILES string of the molecule is CS(=O)(=O)O.CS(=O)(=O)O.Cc1nc(-c2ccc(Cl)cc2)[nH]c1C(=O)NC(=N)N. The Balaban J connectivity index is 0.000000653. The molecule has 1 aromatic carbocycles. The number of hydrogen-bond donors (Lipinski definition) is 6. The van der Waals surface area contributed by atoms with Gasteiger partial charge in [-0.2, -0.15) is 16.8 Å². The average Bonchev–Trinajstić information content (AvgIpc) is 2.86. The Labute approximate surface area is 172 Å². The molecule has 0 saturated carbocycles. The molecule has 0 fully saturated rings. The minimum atomic E-state index is -3.67. The summed E-state index contributed by atoms with van der Waals surface area (Å²) in [6.07, 6.45) is 1.43. The van der Waals surface area contributed by atoms with Crippen molar-refractivity contribution in [2.24, 2.45) is 5.73 Å². The monoisotopic (exact) mass is 469 g/mol. The Morgan fingerprint density at radius 2 is 1.55 bits per heavy atom. The van der Waals surface area contributed by atoms with Crippen LogP contribution >= 0.6 is 11.6 Å². The molecule has 0 aliphatic carbocycles. The summed E-state index contributed by atoms with van der Waals surface area (Å²) in [4.78, 5) is 18.9. The van der Waals surface area contributed by atoms with Gasteiger partial charge in [-0.1, -0.05) is 11.6 Å². The van der Waals surface area contributed by atoms with Crippen LogP contribution in [0.1, 0.15) is 16.2 Å². The average molecular weight is 470 g/mol. The molecular formula is C14H20ClN5O7S2. The van der Waals surface area contributed by atoms with Gasteiger partial charge >= 0.3 is 0 Å². The highest BCUT2D eigenvalue weighted by Gasteiger charge is 2.15. The largest absolute Gasteiger partial charge is 0.370 e. The molecule has 2 rings (SSSR count). The van der Waals surface area contributed by atoms with E-state index in [4.69, 9.17) is 31.8 Å². The second-order valence-electron chi connectivity index (χ2n) is 5.39. The van der Waals surface area contributed by atoms with E-state index in [1.54, 1.807) is 31.2 Å². The normalized spacial score (nSPS) is 10.7. The van der Waals surface area contributed by atoms with E-state index < -0.39 is 32.1 Å². The van der Waals surface area contributed by atoms with Crippen molar-refractivity contribution in [1.29, 1.82) is 5.41 Å². The van der Waals surface area contributed by atoms with Crippen LogP contribution in [0.15, 0.2) is 24.3 Å². The molecule has 0 radical (unpaired) electrons. The number of aromatic amines is 1. The van der Waals surface area contributed by atoms with Gasteiger partial charge in [0.05, 0.1) is 18.2 Å². The molecular weight excluding hydrogens is 450 g/mol. The van der Waals surface area contributed by atoms with E-state index in [-0.39, 0.29) is 5.69 Å². The number of carbonyl (C=O) groups excluding carboxylic acids is 1. The predicted octanol–water partition coefficient (Wildman–Crippen LogP) is 0.670. The van der Waals surface area contributed by atoms with Crippen LogP contribution in [-0.4, -0.2) is 60.3 Å². The molecule has 29 heavy (non-hydrogen) atoms. The molecule has 7 N–H and O–H groups in total.